The number of hydrogen-bond acceptors (Lipinski definition) is 3. The van der Waals surface area contributed by atoms with Crippen LogP contribution in [0.1, 0.15) is 23.1 Å². The van der Waals surface area contributed by atoms with Gasteiger partial charge in [0.05, 0.1) is 17.3 Å². The van der Waals surface area contributed by atoms with Crippen molar-refractivity contribution in [1.29, 1.82) is 0 Å². The molecule has 2 aromatic heterocycles. The van der Waals surface area contributed by atoms with Gasteiger partial charge < -0.3 is 4.90 Å². The molecule has 2 aromatic rings. The molecule has 0 atom stereocenters. The van der Waals surface area contributed by atoms with Gasteiger partial charge in [-0.25, -0.2) is 0 Å². The Balaban J connectivity index is 2.14. The molecule has 6 nitrogen and oxygen atoms in total. The van der Waals surface area contributed by atoms with E-state index in [1.54, 1.807) is 33.7 Å². The zero-order valence-electron chi connectivity index (χ0n) is 11.2. The van der Waals surface area contributed by atoms with Crippen LogP contribution in [0.15, 0.2) is 18.5 Å². The minimum Gasteiger partial charge on any atom is -0.334 e. The number of carbonyl (C=O) groups is 1. The van der Waals surface area contributed by atoms with Crippen LogP contribution in [0, 0.1) is 0 Å². The molecular formula is C12H16ClN5O. The Morgan fingerprint density at radius 1 is 1.53 bits per heavy atom. The molecule has 0 bridgehead atoms. The van der Waals surface area contributed by atoms with Gasteiger partial charge in [-0.3, -0.25) is 14.2 Å². The second kappa shape index (κ2) is 5.44. The molecule has 1 amide bonds. The number of rotatable bonds is 4. The highest BCUT2D eigenvalue weighted by Gasteiger charge is 2.20. The summed E-state index contributed by atoms with van der Waals surface area (Å²) < 4.78 is 3.38. The molecule has 2 rings (SSSR count). The first kappa shape index (κ1) is 13.6. The fourth-order valence-electron chi connectivity index (χ4n) is 1.76. The Labute approximate surface area is 116 Å². The van der Waals surface area contributed by atoms with Crippen molar-refractivity contribution in [3.05, 3.63) is 34.9 Å². The first-order valence-corrected chi connectivity index (χ1v) is 6.36. The molecule has 2 heterocycles. The van der Waals surface area contributed by atoms with Crippen molar-refractivity contribution in [1.82, 2.24) is 24.5 Å². The maximum Gasteiger partial charge on any atom is 0.276 e. The summed E-state index contributed by atoms with van der Waals surface area (Å²) in [5, 5.41) is 8.62. The summed E-state index contributed by atoms with van der Waals surface area (Å²) in [6.07, 6.45) is 3.36. The molecular weight excluding hydrogens is 266 g/mol. The molecule has 102 valence electrons. The predicted molar refractivity (Wildman–Crippen MR) is 71.9 cm³/mol. The van der Waals surface area contributed by atoms with Crippen LogP contribution in [0.2, 0.25) is 5.02 Å². The number of halogens is 1. The van der Waals surface area contributed by atoms with Gasteiger partial charge in [0.2, 0.25) is 0 Å². The zero-order chi connectivity index (χ0) is 14.0. The number of hydrogen-bond donors (Lipinski definition) is 0. The van der Waals surface area contributed by atoms with E-state index >= 15 is 0 Å². The van der Waals surface area contributed by atoms with Gasteiger partial charge in [-0.2, -0.15) is 10.2 Å². The first-order chi connectivity index (χ1) is 9.02. The van der Waals surface area contributed by atoms with Crippen molar-refractivity contribution in [3.63, 3.8) is 0 Å². The summed E-state index contributed by atoms with van der Waals surface area (Å²) >= 11 is 6.03. The lowest BCUT2D eigenvalue weighted by atomic mass is 10.3. The average molecular weight is 282 g/mol. The lowest BCUT2D eigenvalue weighted by Crippen LogP contribution is -2.28. The highest BCUT2D eigenvalue weighted by atomic mass is 35.5. The van der Waals surface area contributed by atoms with Crippen molar-refractivity contribution >= 4 is 17.5 Å². The Morgan fingerprint density at radius 3 is 2.79 bits per heavy atom. The van der Waals surface area contributed by atoms with Gasteiger partial charge in [0.15, 0.2) is 5.69 Å². The van der Waals surface area contributed by atoms with Crippen LogP contribution in [0.4, 0.5) is 0 Å². The van der Waals surface area contributed by atoms with Crippen molar-refractivity contribution < 1.29 is 4.79 Å². The topological polar surface area (TPSA) is 56.0 Å². The van der Waals surface area contributed by atoms with Gasteiger partial charge in [0, 0.05) is 33.0 Å². The quantitative estimate of drug-likeness (QED) is 0.855. The molecule has 0 aliphatic heterocycles. The fraction of sp³-hybridized carbons (Fsp3) is 0.417. The van der Waals surface area contributed by atoms with Crippen LogP contribution in [0.3, 0.4) is 0 Å². The van der Waals surface area contributed by atoms with E-state index in [2.05, 4.69) is 10.2 Å². The van der Waals surface area contributed by atoms with Crippen molar-refractivity contribution in [2.24, 2.45) is 7.05 Å². The van der Waals surface area contributed by atoms with Crippen LogP contribution in [0.25, 0.3) is 0 Å². The van der Waals surface area contributed by atoms with E-state index in [4.69, 9.17) is 11.6 Å². The fourth-order valence-corrected chi connectivity index (χ4v) is 1.99. The minimum absolute atomic E-state index is 0.196. The molecule has 0 aromatic carbocycles. The van der Waals surface area contributed by atoms with Gasteiger partial charge in [-0.05, 0) is 13.0 Å². The van der Waals surface area contributed by atoms with Crippen LogP contribution in [-0.4, -0.2) is 37.4 Å². The lowest BCUT2D eigenvalue weighted by Gasteiger charge is -2.16. The lowest BCUT2D eigenvalue weighted by molar-refractivity contribution is 0.0775. The molecule has 0 saturated heterocycles. The van der Waals surface area contributed by atoms with Crippen LogP contribution in [-0.2, 0) is 20.1 Å². The number of carbonyl (C=O) groups excluding carboxylic acids is 1. The molecule has 0 fully saturated rings. The molecule has 0 aliphatic rings. The molecule has 0 saturated carbocycles. The summed E-state index contributed by atoms with van der Waals surface area (Å²) in [4.78, 5) is 13.8. The standard InChI is InChI=1S/C12H16ClN5O/c1-4-18-8-10(13)11(15-18)12(19)16(2)7-9-5-6-14-17(9)3/h5-6,8H,4,7H2,1-3H3. The van der Waals surface area contributed by atoms with Crippen molar-refractivity contribution in [3.8, 4) is 0 Å². The van der Waals surface area contributed by atoms with Crippen molar-refractivity contribution in [2.75, 3.05) is 7.05 Å². The van der Waals surface area contributed by atoms with E-state index in [-0.39, 0.29) is 11.6 Å². The van der Waals surface area contributed by atoms with E-state index in [9.17, 15) is 4.79 Å². The molecule has 0 spiro atoms. The van der Waals surface area contributed by atoms with Gasteiger partial charge in [-0.1, -0.05) is 11.6 Å². The largest absolute Gasteiger partial charge is 0.334 e. The molecule has 0 aliphatic carbocycles. The smallest absolute Gasteiger partial charge is 0.276 e. The van der Waals surface area contributed by atoms with E-state index in [0.717, 1.165) is 5.69 Å². The Morgan fingerprint density at radius 2 is 2.26 bits per heavy atom. The van der Waals surface area contributed by atoms with Gasteiger partial charge in [0.1, 0.15) is 0 Å². The number of aryl methyl sites for hydroxylation is 2. The summed E-state index contributed by atoms with van der Waals surface area (Å²) in [6.45, 7) is 3.08. The van der Waals surface area contributed by atoms with E-state index < -0.39 is 0 Å². The normalized spacial score (nSPS) is 10.7. The number of aromatic nitrogens is 4. The molecule has 0 unspecified atom stereocenters. The van der Waals surface area contributed by atoms with E-state index in [1.807, 2.05) is 20.0 Å². The molecule has 7 heteroatoms. The number of amides is 1. The monoisotopic (exact) mass is 281 g/mol. The second-order valence-electron chi connectivity index (χ2n) is 4.29. The third-order valence-electron chi connectivity index (χ3n) is 2.91. The summed E-state index contributed by atoms with van der Waals surface area (Å²) in [5.74, 6) is -0.196. The summed E-state index contributed by atoms with van der Waals surface area (Å²) in [6, 6.07) is 1.87. The third kappa shape index (κ3) is 2.78. The van der Waals surface area contributed by atoms with Crippen LogP contribution < -0.4 is 0 Å². The van der Waals surface area contributed by atoms with Gasteiger partial charge in [-0.15, -0.1) is 0 Å². The maximum absolute atomic E-state index is 12.3. The Bertz CT molecular complexity index is 589. The van der Waals surface area contributed by atoms with Gasteiger partial charge >= 0.3 is 0 Å². The summed E-state index contributed by atoms with van der Waals surface area (Å²) in [5.41, 5.74) is 1.23. The van der Waals surface area contributed by atoms with Crippen molar-refractivity contribution in [2.45, 2.75) is 20.0 Å². The highest BCUT2D eigenvalue weighted by molar-refractivity contribution is 6.33. The van der Waals surface area contributed by atoms with E-state index in [1.165, 1.54) is 0 Å². The van der Waals surface area contributed by atoms with E-state index in [0.29, 0.717) is 18.1 Å². The SMILES string of the molecule is CCn1cc(Cl)c(C(=O)N(C)Cc2ccnn2C)n1. The second-order valence-corrected chi connectivity index (χ2v) is 4.70. The predicted octanol–water partition coefficient (Wildman–Crippen LogP) is 1.56. The molecule has 0 radical (unpaired) electrons. The minimum atomic E-state index is -0.196. The van der Waals surface area contributed by atoms with Crippen LogP contribution >= 0.6 is 11.6 Å². The zero-order valence-corrected chi connectivity index (χ0v) is 11.9. The third-order valence-corrected chi connectivity index (χ3v) is 3.19. The maximum atomic E-state index is 12.3. The van der Waals surface area contributed by atoms with Crippen LogP contribution in [0.5, 0.6) is 0 Å². The molecule has 0 N–H and O–H groups in total. The highest BCUT2D eigenvalue weighted by Crippen LogP contribution is 2.16. The Hall–Kier alpha value is -1.82. The first-order valence-electron chi connectivity index (χ1n) is 5.98. The average Bonchev–Trinajstić information content (AvgIpc) is 2.95. The Kier molecular flexibility index (Phi) is 3.90. The number of nitrogens with zero attached hydrogens (tertiary/aromatic N) is 5. The summed E-state index contributed by atoms with van der Waals surface area (Å²) in [7, 11) is 3.56. The molecule has 19 heavy (non-hydrogen) atoms. The van der Waals surface area contributed by atoms with Gasteiger partial charge in [0.25, 0.3) is 5.91 Å².